The summed E-state index contributed by atoms with van der Waals surface area (Å²) in [6, 6.07) is 8.17. The minimum Gasteiger partial charge on any atom is -0.379 e. The maximum Gasteiger partial charge on any atom is 0.104 e. The third-order valence-corrected chi connectivity index (χ3v) is 4.30. The minimum atomic E-state index is -0.113. The van der Waals surface area contributed by atoms with Crippen LogP contribution in [0.25, 0.3) is 6.08 Å². The molecule has 0 fully saturated rings. The van der Waals surface area contributed by atoms with Gasteiger partial charge in [-0.2, -0.15) is 0 Å². The molecule has 1 aromatic carbocycles. The highest BCUT2D eigenvalue weighted by Gasteiger charge is 2.10. The molecule has 0 aliphatic carbocycles. The Morgan fingerprint density at radius 1 is 1.03 bits per heavy atom. The number of hydrogen-bond acceptors (Lipinski definition) is 7. The molecule has 1 aliphatic heterocycles. The zero-order valence-electron chi connectivity index (χ0n) is 17.3. The normalized spacial score (nSPS) is 21.2. The molecule has 0 bridgehead atoms. The zero-order valence-corrected chi connectivity index (χ0v) is 17.3. The van der Waals surface area contributed by atoms with Gasteiger partial charge in [-0.15, -0.1) is 0 Å². The van der Waals surface area contributed by atoms with Gasteiger partial charge in [-0.1, -0.05) is 36.9 Å². The molecule has 1 aromatic rings. The van der Waals surface area contributed by atoms with Crippen molar-refractivity contribution in [1.82, 2.24) is 10.6 Å². The van der Waals surface area contributed by atoms with Crippen LogP contribution in [0.3, 0.4) is 0 Å². The van der Waals surface area contributed by atoms with Gasteiger partial charge in [0.2, 0.25) is 0 Å². The highest BCUT2D eigenvalue weighted by molar-refractivity contribution is 5.59. The highest BCUT2D eigenvalue weighted by atomic mass is 16.6. The molecule has 2 rings (SSSR count). The van der Waals surface area contributed by atoms with Crippen LogP contribution in [-0.4, -0.2) is 84.7 Å². The van der Waals surface area contributed by atoms with E-state index >= 15 is 0 Å². The van der Waals surface area contributed by atoms with Crippen LogP contribution in [0.4, 0.5) is 0 Å². The maximum atomic E-state index is 5.92. The van der Waals surface area contributed by atoms with E-state index in [4.69, 9.17) is 18.9 Å². The van der Waals surface area contributed by atoms with E-state index < -0.39 is 0 Å². The number of rotatable bonds is 5. The van der Waals surface area contributed by atoms with Crippen molar-refractivity contribution in [1.29, 1.82) is 0 Å². The molecular formula is C22H35N3O4. The van der Waals surface area contributed by atoms with Crippen molar-refractivity contribution in [2.75, 3.05) is 72.4 Å². The average Bonchev–Trinajstić information content (AvgIpc) is 2.75. The standard InChI is InChI=1S/C22H35N3O4/c1-2-20-3-5-21(6-4-20)17-28-19-22-18-27-15-11-25-10-14-26-13-9-23-7-8-24-12-16-29-22/h2-6,8,22-23,25H,1,7,9-19H2. The summed E-state index contributed by atoms with van der Waals surface area (Å²) in [5.41, 5.74) is 2.23. The van der Waals surface area contributed by atoms with E-state index in [9.17, 15) is 0 Å². The Labute approximate surface area is 174 Å². The largest absolute Gasteiger partial charge is 0.379 e. The average molecular weight is 406 g/mol. The molecule has 0 saturated heterocycles. The van der Waals surface area contributed by atoms with E-state index in [2.05, 4.69) is 34.3 Å². The third-order valence-electron chi connectivity index (χ3n) is 4.30. The second kappa shape index (κ2) is 16.2. The summed E-state index contributed by atoms with van der Waals surface area (Å²) in [4.78, 5) is 4.36. The lowest BCUT2D eigenvalue weighted by atomic mass is 10.1. The number of ether oxygens (including phenoxy) is 4. The maximum absolute atomic E-state index is 5.92. The first-order chi connectivity index (χ1) is 14.4. The first kappa shape index (κ1) is 23.7. The van der Waals surface area contributed by atoms with Crippen LogP contribution in [0.1, 0.15) is 11.1 Å². The molecule has 0 amide bonds. The van der Waals surface area contributed by atoms with E-state index in [1.54, 1.807) is 0 Å². The van der Waals surface area contributed by atoms with E-state index in [-0.39, 0.29) is 6.10 Å². The molecule has 1 heterocycles. The summed E-state index contributed by atoms with van der Waals surface area (Å²) in [7, 11) is 0. The Balaban J connectivity index is 1.73. The molecule has 162 valence electrons. The predicted molar refractivity (Wildman–Crippen MR) is 117 cm³/mol. The van der Waals surface area contributed by atoms with Crippen LogP contribution in [0.15, 0.2) is 35.8 Å². The van der Waals surface area contributed by atoms with Gasteiger partial charge in [0.25, 0.3) is 0 Å². The van der Waals surface area contributed by atoms with Crippen LogP contribution >= 0.6 is 0 Å². The van der Waals surface area contributed by atoms with Crippen LogP contribution in [0.2, 0.25) is 0 Å². The van der Waals surface area contributed by atoms with Crippen LogP contribution in [0.5, 0.6) is 0 Å². The molecule has 1 atom stereocenters. The van der Waals surface area contributed by atoms with Gasteiger partial charge >= 0.3 is 0 Å². The van der Waals surface area contributed by atoms with Crippen molar-refractivity contribution < 1.29 is 18.9 Å². The lowest BCUT2D eigenvalue weighted by molar-refractivity contribution is -0.0605. The van der Waals surface area contributed by atoms with Gasteiger partial charge < -0.3 is 29.6 Å². The Kier molecular flexibility index (Phi) is 13.2. The van der Waals surface area contributed by atoms with Gasteiger partial charge in [0, 0.05) is 32.4 Å². The van der Waals surface area contributed by atoms with E-state index in [1.165, 1.54) is 0 Å². The fourth-order valence-corrected chi connectivity index (χ4v) is 2.67. The fourth-order valence-electron chi connectivity index (χ4n) is 2.67. The molecule has 2 N–H and O–H groups in total. The van der Waals surface area contributed by atoms with E-state index in [0.717, 1.165) is 37.3 Å². The molecule has 0 radical (unpaired) electrons. The van der Waals surface area contributed by atoms with Gasteiger partial charge in [0.15, 0.2) is 0 Å². The molecule has 0 saturated carbocycles. The molecule has 7 nitrogen and oxygen atoms in total. The SMILES string of the molecule is C=Cc1ccc(COCC2COCCNCCOCCNCC=NCCO2)cc1. The minimum absolute atomic E-state index is 0.113. The van der Waals surface area contributed by atoms with E-state index in [1.807, 2.05) is 24.4 Å². The second-order valence-corrected chi connectivity index (χ2v) is 6.68. The van der Waals surface area contributed by atoms with E-state index in [0.29, 0.717) is 52.8 Å². The Bertz CT molecular complexity index is 566. The van der Waals surface area contributed by atoms with Gasteiger partial charge in [0.05, 0.1) is 52.8 Å². The Morgan fingerprint density at radius 2 is 1.79 bits per heavy atom. The lowest BCUT2D eigenvalue weighted by Gasteiger charge is -2.18. The second-order valence-electron chi connectivity index (χ2n) is 6.68. The monoisotopic (exact) mass is 405 g/mol. The van der Waals surface area contributed by atoms with Crippen molar-refractivity contribution in [3.05, 3.63) is 42.0 Å². The Morgan fingerprint density at radius 3 is 2.59 bits per heavy atom. The Hall–Kier alpha value is -1.61. The number of benzene rings is 1. The summed E-state index contributed by atoms with van der Waals surface area (Å²) >= 11 is 0. The number of hydrogen-bond donors (Lipinski definition) is 2. The summed E-state index contributed by atoms with van der Waals surface area (Å²) < 4.78 is 23.1. The molecular weight excluding hydrogens is 370 g/mol. The molecule has 29 heavy (non-hydrogen) atoms. The fraction of sp³-hybridized carbons (Fsp3) is 0.591. The van der Waals surface area contributed by atoms with Gasteiger partial charge in [-0.3, -0.25) is 4.99 Å². The summed E-state index contributed by atoms with van der Waals surface area (Å²) in [5.74, 6) is 0. The first-order valence-corrected chi connectivity index (χ1v) is 10.3. The molecule has 7 heteroatoms. The molecule has 0 spiro atoms. The van der Waals surface area contributed by atoms with Crippen molar-refractivity contribution >= 4 is 12.3 Å². The first-order valence-electron chi connectivity index (χ1n) is 10.3. The molecule has 0 aromatic heterocycles. The number of aliphatic imine (C=N–C) groups is 1. The van der Waals surface area contributed by atoms with Crippen molar-refractivity contribution in [3.63, 3.8) is 0 Å². The summed E-state index contributed by atoms with van der Waals surface area (Å²) in [6.45, 7) is 11.7. The van der Waals surface area contributed by atoms with Gasteiger partial charge in [-0.05, 0) is 11.1 Å². The smallest absolute Gasteiger partial charge is 0.104 e. The zero-order chi connectivity index (χ0) is 20.4. The number of nitrogens with zero attached hydrogens (tertiary/aromatic N) is 1. The molecule has 1 aliphatic rings. The van der Waals surface area contributed by atoms with Crippen LogP contribution < -0.4 is 10.6 Å². The predicted octanol–water partition coefficient (Wildman–Crippen LogP) is 1.53. The quantitative estimate of drug-likeness (QED) is 0.774. The third kappa shape index (κ3) is 11.9. The van der Waals surface area contributed by atoms with Crippen molar-refractivity contribution in [2.45, 2.75) is 12.7 Å². The van der Waals surface area contributed by atoms with Crippen molar-refractivity contribution in [2.24, 2.45) is 4.99 Å². The topological polar surface area (TPSA) is 73.3 Å². The van der Waals surface area contributed by atoms with Gasteiger partial charge in [0.1, 0.15) is 6.10 Å². The lowest BCUT2D eigenvalue weighted by Crippen LogP contribution is -2.30. The van der Waals surface area contributed by atoms with Crippen LogP contribution in [0, 0.1) is 0 Å². The van der Waals surface area contributed by atoms with Crippen molar-refractivity contribution in [3.8, 4) is 0 Å². The van der Waals surface area contributed by atoms with Gasteiger partial charge in [-0.25, -0.2) is 0 Å². The number of nitrogens with one attached hydrogen (secondary N) is 2. The summed E-state index contributed by atoms with van der Waals surface area (Å²) in [5, 5.41) is 6.58. The van der Waals surface area contributed by atoms with Crippen LogP contribution in [-0.2, 0) is 25.6 Å². The highest BCUT2D eigenvalue weighted by Crippen LogP contribution is 2.07. The summed E-state index contributed by atoms with van der Waals surface area (Å²) in [6.07, 6.45) is 3.60. The molecule has 1 unspecified atom stereocenters.